The average molecular weight is 312 g/mol. The lowest BCUT2D eigenvalue weighted by Gasteiger charge is -2.37. The monoisotopic (exact) mass is 312 g/mol. The molecule has 0 saturated carbocycles. The van der Waals surface area contributed by atoms with Crippen LogP contribution < -0.4 is 0 Å². The van der Waals surface area contributed by atoms with Crippen molar-refractivity contribution >= 4 is 14.3 Å². The zero-order valence-corrected chi connectivity index (χ0v) is 15.1. The summed E-state index contributed by atoms with van der Waals surface area (Å²) >= 11 is 0. The molecule has 0 unspecified atom stereocenters. The first-order chi connectivity index (χ1) is 9.58. The third-order valence-corrected chi connectivity index (χ3v) is 8.84. The van der Waals surface area contributed by atoms with E-state index in [1.54, 1.807) is 12.2 Å². The summed E-state index contributed by atoms with van der Waals surface area (Å²) in [5, 5.41) is 0.149. The number of esters is 1. The van der Waals surface area contributed by atoms with E-state index in [0.29, 0.717) is 13.0 Å². The molecular weight excluding hydrogens is 284 g/mol. The fourth-order valence-corrected chi connectivity index (χ4v) is 2.92. The van der Waals surface area contributed by atoms with Crippen molar-refractivity contribution in [2.24, 2.45) is 0 Å². The van der Waals surface area contributed by atoms with Crippen molar-refractivity contribution in [2.75, 3.05) is 13.7 Å². The Hall–Kier alpha value is -0.913. The molecule has 1 aliphatic heterocycles. The molecule has 0 bridgehead atoms. The summed E-state index contributed by atoms with van der Waals surface area (Å²) in [6, 6.07) is 0. The van der Waals surface area contributed by atoms with E-state index in [0.717, 1.165) is 0 Å². The molecule has 21 heavy (non-hydrogen) atoms. The molecule has 2 atom stereocenters. The Morgan fingerprint density at radius 1 is 1.48 bits per heavy atom. The standard InChI is InChI=1S/C16H28O4Si/c1-8-10-16(14(17)18-5)11-9-13(20-16)12-19-21(6,7)15(2,3)4/h8-9,11,13H,1,10,12H2,2-7H3/t13-,16+/m0/s1. The van der Waals surface area contributed by atoms with Gasteiger partial charge in [0, 0.05) is 6.42 Å². The summed E-state index contributed by atoms with van der Waals surface area (Å²) in [5.41, 5.74) is -1.04. The summed E-state index contributed by atoms with van der Waals surface area (Å²) in [5.74, 6) is -0.395. The highest BCUT2D eigenvalue weighted by Crippen LogP contribution is 2.37. The van der Waals surface area contributed by atoms with Crippen molar-refractivity contribution < 1.29 is 18.7 Å². The third kappa shape index (κ3) is 4.05. The van der Waals surface area contributed by atoms with Crippen LogP contribution in [0.25, 0.3) is 0 Å². The number of carbonyl (C=O) groups excluding carboxylic acids is 1. The van der Waals surface area contributed by atoms with Crippen LogP contribution in [0.5, 0.6) is 0 Å². The number of rotatable bonds is 6. The molecule has 0 N–H and O–H groups in total. The molecule has 0 saturated heterocycles. The maximum Gasteiger partial charge on any atom is 0.342 e. The predicted octanol–water partition coefficient (Wildman–Crippen LogP) is 3.45. The van der Waals surface area contributed by atoms with Crippen LogP contribution in [0.4, 0.5) is 0 Å². The second-order valence-electron chi connectivity index (χ2n) is 6.96. The van der Waals surface area contributed by atoms with Crippen molar-refractivity contribution in [3.8, 4) is 0 Å². The van der Waals surface area contributed by atoms with Gasteiger partial charge in [0.2, 0.25) is 0 Å². The van der Waals surface area contributed by atoms with Crippen molar-refractivity contribution in [2.45, 2.75) is 57.0 Å². The maximum atomic E-state index is 12.0. The average Bonchev–Trinajstić information content (AvgIpc) is 2.79. The van der Waals surface area contributed by atoms with Crippen molar-refractivity contribution in [1.29, 1.82) is 0 Å². The first kappa shape index (κ1) is 18.1. The van der Waals surface area contributed by atoms with Gasteiger partial charge in [0.25, 0.3) is 0 Å². The highest BCUT2D eigenvalue weighted by Gasteiger charge is 2.44. The molecule has 0 spiro atoms. The van der Waals surface area contributed by atoms with E-state index in [2.05, 4.69) is 40.4 Å². The molecule has 120 valence electrons. The Bertz CT molecular complexity index is 422. The summed E-state index contributed by atoms with van der Waals surface area (Å²) < 4.78 is 16.9. The van der Waals surface area contributed by atoms with E-state index in [4.69, 9.17) is 13.9 Å². The van der Waals surface area contributed by atoms with Crippen LogP contribution in [0.1, 0.15) is 27.2 Å². The smallest absolute Gasteiger partial charge is 0.342 e. The second kappa shape index (κ2) is 6.46. The fraction of sp³-hybridized carbons (Fsp3) is 0.688. The lowest BCUT2D eigenvalue weighted by atomic mass is 10.0. The molecule has 0 aromatic heterocycles. The molecule has 4 nitrogen and oxygen atoms in total. The van der Waals surface area contributed by atoms with E-state index >= 15 is 0 Å². The zero-order valence-electron chi connectivity index (χ0n) is 14.1. The molecule has 0 aromatic rings. The molecule has 1 heterocycles. The Morgan fingerprint density at radius 3 is 2.57 bits per heavy atom. The normalized spacial score (nSPS) is 25.9. The van der Waals surface area contributed by atoms with Crippen molar-refractivity contribution in [3.63, 3.8) is 0 Å². The lowest BCUT2D eigenvalue weighted by Crippen LogP contribution is -2.44. The van der Waals surface area contributed by atoms with Gasteiger partial charge in [-0.25, -0.2) is 4.79 Å². The molecule has 1 aliphatic rings. The molecule has 0 aliphatic carbocycles. The van der Waals surface area contributed by atoms with E-state index in [1.807, 2.05) is 6.08 Å². The number of carbonyl (C=O) groups is 1. The predicted molar refractivity (Wildman–Crippen MR) is 86.7 cm³/mol. The second-order valence-corrected chi connectivity index (χ2v) is 11.8. The van der Waals surface area contributed by atoms with Gasteiger partial charge in [0.05, 0.1) is 19.8 Å². The molecular formula is C16H28O4Si. The van der Waals surface area contributed by atoms with Crippen molar-refractivity contribution in [3.05, 3.63) is 24.8 Å². The Balaban J connectivity index is 2.69. The summed E-state index contributed by atoms with van der Waals surface area (Å²) in [4.78, 5) is 12.0. The third-order valence-electron chi connectivity index (χ3n) is 4.33. The van der Waals surface area contributed by atoms with Crippen LogP contribution in [0, 0.1) is 0 Å². The minimum atomic E-state index is -1.82. The fourth-order valence-electron chi connectivity index (χ4n) is 1.91. The number of hydrogen-bond acceptors (Lipinski definition) is 4. The highest BCUT2D eigenvalue weighted by atomic mass is 28.4. The van der Waals surface area contributed by atoms with E-state index in [-0.39, 0.29) is 11.1 Å². The van der Waals surface area contributed by atoms with Gasteiger partial charge in [-0.15, -0.1) is 6.58 Å². The lowest BCUT2D eigenvalue weighted by molar-refractivity contribution is -0.164. The number of hydrogen-bond donors (Lipinski definition) is 0. The van der Waals surface area contributed by atoms with Gasteiger partial charge in [0.1, 0.15) is 0 Å². The van der Waals surface area contributed by atoms with Crippen LogP contribution in [-0.2, 0) is 18.7 Å². The first-order valence-corrected chi connectivity index (χ1v) is 10.2. The number of ether oxygens (including phenoxy) is 2. The van der Waals surface area contributed by atoms with E-state index in [1.165, 1.54) is 7.11 Å². The van der Waals surface area contributed by atoms with Crippen LogP contribution in [0.15, 0.2) is 24.8 Å². The zero-order chi connectivity index (χ0) is 16.3. The molecule has 5 heteroatoms. The largest absolute Gasteiger partial charge is 0.467 e. The van der Waals surface area contributed by atoms with Gasteiger partial charge in [-0.2, -0.15) is 0 Å². The molecule has 0 amide bonds. The quantitative estimate of drug-likeness (QED) is 0.428. The highest BCUT2D eigenvalue weighted by molar-refractivity contribution is 6.74. The Labute approximate surface area is 129 Å². The van der Waals surface area contributed by atoms with Crippen LogP contribution in [-0.4, -0.2) is 39.7 Å². The Kier molecular flexibility index (Phi) is 5.58. The van der Waals surface area contributed by atoms with Crippen LogP contribution >= 0.6 is 0 Å². The van der Waals surface area contributed by atoms with E-state index < -0.39 is 19.9 Å². The first-order valence-electron chi connectivity index (χ1n) is 7.28. The van der Waals surface area contributed by atoms with Gasteiger partial charge in [-0.1, -0.05) is 32.9 Å². The molecule has 0 radical (unpaired) electrons. The maximum absolute atomic E-state index is 12.0. The van der Waals surface area contributed by atoms with Gasteiger partial charge >= 0.3 is 5.97 Å². The summed E-state index contributed by atoms with van der Waals surface area (Å²) in [6.45, 7) is 15.1. The minimum Gasteiger partial charge on any atom is -0.467 e. The summed E-state index contributed by atoms with van der Waals surface area (Å²) in [7, 11) is -0.458. The van der Waals surface area contributed by atoms with Crippen molar-refractivity contribution in [1.82, 2.24) is 0 Å². The summed E-state index contributed by atoms with van der Waals surface area (Å²) in [6.07, 6.45) is 5.48. The molecule has 1 rings (SSSR count). The minimum absolute atomic E-state index is 0.149. The van der Waals surface area contributed by atoms with Gasteiger partial charge < -0.3 is 13.9 Å². The van der Waals surface area contributed by atoms with E-state index in [9.17, 15) is 4.79 Å². The van der Waals surface area contributed by atoms with Crippen LogP contribution in [0.2, 0.25) is 18.1 Å². The van der Waals surface area contributed by atoms with Crippen LogP contribution in [0.3, 0.4) is 0 Å². The van der Waals surface area contributed by atoms with Gasteiger partial charge in [0.15, 0.2) is 13.9 Å². The molecule has 0 aromatic carbocycles. The number of methoxy groups -OCH3 is 1. The SMILES string of the molecule is C=CC[C@]1(C(=O)OC)C=C[C@@H](CO[Si](C)(C)C(C)(C)C)O1. The molecule has 0 fully saturated rings. The topological polar surface area (TPSA) is 44.8 Å². The van der Waals surface area contributed by atoms with Gasteiger partial charge in [-0.3, -0.25) is 0 Å². The Morgan fingerprint density at radius 2 is 2.10 bits per heavy atom. The van der Waals surface area contributed by atoms with Gasteiger partial charge in [-0.05, 0) is 24.2 Å².